The van der Waals surface area contributed by atoms with Gasteiger partial charge < -0.3 is 10.2 Å². The van der Waals surface area contributed by atoms with Crippen LogP contribution in [-0.4, -0.2) is 24.6 Å². The van der Waals surface area contributed by atoms with Crippen LogP contribution in [0.25, 0.3) is 0 Å². The summed E-state index contributed by atoms with van der Waals surface area (Å²) >= 11 is 1.93. The lowest BCUT2D eigenvalue weighted by Gasteiger charge is -2.34. The van der Waals surface area contributed by atoms with Crippen molar-refractivity contribution >= 4 is 16.5 Å². The second-order valence-electron chi connectivity index (χ2n) is 5.90. The smallest absolute Gasteiger partial charge is 0.185 e. The van der Waals surface area contributed by atoms with Gasteiger partial charge in [-0.1, -0.05) is 6.92 Å². The summed E-state index contributed by atoms with van der Waals surface area (Å²) in [6.45, 7) is 3.34. The molecule has 3 nitrogen and oxygen atoms in total. The lowest BCUT2D eigenvalue weighted by molar-refractivity contribution is 0.400. The van der Waals surface area contributed by atoms with Gasteiger partial charge in [-0.25, -0.2) is 4.98 Å². The van der Waals surface area contributed by atoms with Gasteiger partial charge in [0.05, 0.1) is 11.7 Å². The zero-order valence-electron chi connectivity index (χ0n) is 12.1. The van der Waals surface area contributed by atoms with Crippen molar-refractivity contribution in [3.05, 3.63) is 10.6 Å². The molecule has 1 aromatic heterocycles. The summed E-state index contributed by atoms with van der Waals surface area (Å²) in [7, 11) is 2.22. The maximum absolute atomic E-state index is 4.97. The molecule has 106 valence electrons. The van der Waals surface area contributed by atoms with E-state index in [2.05, 4.69) is 24.2 Å². The normalized spacial score (nSPS) is 22.9. The van der Waals surface area contributed by atoms with Gasteiger partial charge in [-0.2, -0.15) is 0 Å². The summed E-state index contributed by atoms with van der Waals surface area (Å²) in [5, 5.41) is 4.91. The largest absolute Gasteiger partial charge is 0.348 e. The molecule has 0 aliphatic heterocycles. The average molecular weight is 279 g/mol. The molecular formula is C15H25N3S. The molecule has 19 heavy (non-hydrogen) atoms. The summed E-state index contributed by atoms with van der Waals surface area (Å²) in [5.74, 6) is 0. The zero-order valence-corrected chi connectivity index (χ0v) is 12.9. The maximum Gasteiger partial charge on any atom is 0.185 e. The highest BCUT2D eigenvalue weighted by molar-refractivity contribution is 7.15. The Morgan fingerprint density at radius 2 is 2.16 bits per heavy atom. The lowest BCUT2D eigenvalue weighted by Crippen LogP contribution is -2.37. The Morgan fingerprint density at radius 1 is 1.32 bits per heavy atom. The van der Waals surface area contributed by atoms with Gasteiger partial charge in [0.1, 0.15) is 0 Å². The quantitative estimate of drug-likeness (QED) is 0.894. The van der Waals surface area contributed by atoms with Crippen LogP contribution in [0.3, 0.4) is 0 Å². The Labute approximate surface area is 120 Å². The number of anilines is 1. The molecule has 1 fully saturated rings. The van der Waals surface area contributed by atoms with Crippen LogP contribution < -0.4 is 10.2 Å². The van der Waals surface area contributed by atoms with Gasteiger partial charge in [-0.05, 0) is 51.5 Å². The van der Waals surface area contributed by atoms with E-state index in [0.29, 0.717) is 6.04 Å². The first-order valence-electron chi connectivity index (χ1n) is 7.75. The number of hydrogen-bond donors (Lipinski definition) is 1. The molecule has 2 aliphatic carbocycles. The van der Waals surface area contributed by atoms with Crippen molar-refractivity contribution in [1.82, 2.24) is 10.3 Å². The minimum atomic E-state index is 0.503. The second kappa shape index (κ2) is 5.80. The van der Waals surface area contributed by atoms with Crippen molar-refractivity contribution in [2.75, 3.05) is 18.5 Å². The molecule has 1 unspecified atom stereocenters. The van der Waals surface area contributed by atoms with E-state index in [1.807, 2.05) is 11.3 Å². The molecule has 1 heterocycles. The number of aromatic nitrogens is 1. The van der Waals surface area contributed by atoms with E-state index < -0.39 is 0 Å². The third-order valence-corrected chi connectivity index (χ3v) is 5.73. The molecule has 0 amide bonds. The summed E-state index contributed by atoms with van der Waals surface area (Å²) in [5.41, 5.74) is 1.35. The van der Waals surface area contributed by atoms with Crippen LogP contribution in [-0.2, 0) is 6.42 Å². The van der Waals surface area contributed by atoms with Crippen molar-refractivity contribution in [3.63, 3.8) is 0 Å². The molecule has 3 rings (SSSR count). The molecule has 0 spiro atoms. The van der Waals surface area contributed by atoms with Crippen molar-refractivity contribution in [2.45, 2.75) is 64.0 Å². The molecule has 0 aromatic carbocycles. The predicted octanol–water partition coefficient (Wildman–Crippen LogP) is 3.51. The summed E-state index contributed by atoms with van der Waals surface area (Å²) in [6, 6.07) is 1.25. The van der Waals surface area contributed by atoms with Gasteiger partial charge >= 0.3 is 0 Å². The third-order valence-electron chi connectivity index (χ3n) is 4.51. The van der Waals surface area contributed by atoms with Gasteiger partial charge in [0.2, 0.25) is 0 Å². The van der Waals surface area contributed by atoms with Crippen molar-refractivity contribution in [3.8, 4) is 0 Å². The van der Waals surface area contributed by atoms with Crippen molar-refractivity contribution in [1.29, 1.82) is 0 Å². The highest BCUT2D eigenvalue weighted by atomic mass is 32.1. The molecule has 1 saturated carbocycles. The number of fused-ring (bicyclic) bond motifs is 1. The summed E-state index contributed by atoms with van der Waals surface area (Å²) in [6.07, 6.45) is 9.07. The molecule has 1 N–H and O–H groups in total. The minimum absolute atomic E-state index is 0.503. The Kier molecular flexibility index (Phi) is 4.08. The molecule has 1 atom stereocenters. The SMILES string of the molecule is CCCNC1CCCc2sc(N(C)C3CCC3)nc21. The Balaban J connectivity index is 1.76. The van der Waals surface area contributed by atoms with Crippen LogP contribution in [0, 0.1) is 0 Å². The number of rotatable bonds is 5. The van der Waals surface area contributed by atoms with E-state index in [1.54, 1.807) is 0 Å². The second-order valence-corrected chi connectivity index (χ2v) is 6.96. The molecule has 0 bridgehead atoms. The fourth-order valence-electron chi connectivity index (χ4n) is 3.00. The van der Waals surface area contributed by atoms with E-state index in [4.69, 9.17) is 4.98 Å². The van der Waals surface area contributed by atoms with Gasteiger partial charge in [0, 0.05) is 18.0 Å². The first-order valence-corrected chi connectivity index (χ1v) is 8.57. The Bertz CT molecular complexity index is 425. The highest BCUT2D eigenvalue weighted by Crippen LogP contribution is 2.38. The molecular weight excluding hydrogens is 254 g/mol. The van der Waals surface area contributed by atoms with E-state index in [0.717, 1.165) is 12.6 Å². The number of nitrogens with one attached hydrogen (secondary N) is 1. The average Bonchev–Trinajstić information content (AvgIpc) is 2.78. The standard InChI is InChI=1S/C15H25N3S/c1-3-10-16-12-8-5-9-13-14(12)17-15(19-13)18(2)11-6-4-7-11/h11-12,16H,3-10H2,1-2H3. The number of thiazole rings is 1. The van der Waals surface area contributed by atoms with Crippen LogP contribution in [0.1, 0.15) is 62.1 Å². The van der Waals surface area contributed by atoms with Gasteiger partial charge in [0.25, 0.3) is 0 Å². The molecule has 0 radical (unpaired) electrons. The van der Waals surface area contributed by atoms with E-state index in [1.165, 1.54) is 60.6 Å². The maximum atomic E-state index is 4.97. The molecule has 4 heteroatoms. The van der Waals surface area contributed by atoms with E-state index >= 15 is 0 Å². The minimum Gasteiger partial charge on any atom is -0.348 e. The Hall–Kier alpha value is -0.610. The molecule has 0 saturated heterocycles. The first-order chi connectivity index (χ1) is 9.29. The predicted molar refractivity (Wildman–Crippen MR) is 82.1 cm³/mol. The monoisotopic (exact) mass is 279 g/mol. The van der Waals surface area contributed by atoms with Crippen LogP contribution >= 0.6 is 11.3 Å². The highest BCUT2D eigenvalue weighted by Gasteiger charge is 2.28. The fraction of sp³-hybridized carbons (Fsp3) is 0.800. The molecule has 1 aromatic rings. The van der Waals surface area contributed by atoms with Crippen LogP contribution in [0.5, 0.6) is 0 Å². The van der Waals surface area contributed by atoms with Crippen molar-refractivity contribution < 1.29 is 0 Å². The van der Waals surface area contributed by atoms with Gasteiger partial charge in [-0.3, -0.25) is 0 Å². The fourth-order valence-corrected chi connectivity index (χ4v) is 4.20. The number of aryl methyl sites for hydroxylation is 1. The molecule has 2 aliphatic rings. The summed E-state index contributed by atoms with van der Waals surface area (Å²) < 4.78 is 0. The summed E-state index contributed by atoms with van der Waals surface area (Å²) in [4.78, 5) is 8.92. The third kappa shape index (κ3) is 2.65. The lowest BCUT2D eigenvalue weighted by atomic mass is 9.92. The number of nitrogens with zero attached hydrogens (tertiary/aromatic N) is 2. The first kappa shape index (κ1) is 13.4. The van der Waals surface area contributed by atoms with Gasteiger partial charge in [0.15, 0.2) is 5.13 Å². The van der Waals surface area contributed by atoms with E-state index in [9.17, 15) is 0 Å². The van der Waals surface area contributed by atoms with E-state index in [-0.39, 0.29) is 0 Å². The Morgan fingerprint density at radius 3 is 2.84 bits per heavy atom. The topological polar surface area (TPSA) is 28.2 Å². The van der Waals surface area contributed by atoms with Crippen LogP contribution in [0.4, 0.5) is 5.13 Å². The zero-order chi connectivity index (χ0) is 13.2. The van der Waals surface area contributed by atoms with Gasteiger partial charge in [-0.15, -0.1) is 11.3 Å². The number of hydrogen-bond acceptors (Lipinski definition) is 4. The van der Waals surface area contributed by atoms with Crippen LogP contribution in [0.2, 0.25) is 0 Å². The van der Waals surface area contributed by atoms with Crippen molar-refractivity contribution in [2.24, 2.45) is 0 Å². The van der Waals surface area contributed by atoms with Crippen LogP contribution in [0.15, 0.2) is 0 Å².